The zero-order valence-electron chi connectivity index (χ0n) is 9.50. The Morgan fingerprint density at radius 3 is 2.29 bits per heavy atom. The fraction of sp³-hybridized carbons (Fsp3) is 0.545. The Kier molecular flexibility index (Phi) is 5.19. The number of hydrogen-bond acceptors (Lipinski definition) is 4. The van der Waals surface area contributed by atoms with Crippen molar-refractivity contribution in [2.45, 2.75) is 19.3 Å². The van der Waals surface area contributed by atoms with Gasteiger partial charge in [-0.3, -0.25) is 4.99 Å². The van der Waals surface area contributed by atoms with Crippen molar-refractivity contribution < 1.29 is 19.8 Å². The fourth-order valence-electron chi connectivity index (χ4n) is 1.74. The molecule has 94 valence electrons. The van der Waals surface area contributed by atoms with E-state index < -0.39 is 11.9 Å². The summed E-state index contributed by atoms with van der Waals surface area (Å²) in [5, 5.41) is 15.6. The van der Waals surface area contributed by atoms with Crippen LogP contribution in [0.1, 0.15) is 19.3 Å². The molecule has 0 spiro atoms. The average Bonchev–Trinajstić information content (AvgIpc) is 2.75. The van der Waals surface area contributed by atoms with Crippen molar-refractivity contribution in [1.82, 2.24) is 4.90 Å². The summed E-state index contributed by atoms with van der Waals surface area (Å²) in [5.41, 5.74) is 0. The van der Waals surface area contributed by atoms with E-state index >= 15 is 0 Å². The number of rotatable bonds is 2. The van der Waals surface area contributed by atoms with E-state index in [1.165, 1.54) is 38.2 Å². The number of hydrogen-bond donors (Lipinski definition) is 2. The summed E-state index contributed by atoms with van der Waals surface area (Å²) in [7, 11) is 0. The summed E-state index contributed by atoms with van der Waals surface area (Å²) >= 11 is 0. The highest BCUT2D eigenvalue weighted by Gasteiger charge is 2.18. The molecule has 2 N–H and O–H groups in total. The molecule has 0 atom stereocenters. The van der Waals surface area contributed by atoms with Crippen LogP contribution in [0.5, 0.6) is 0 Å². The molecule has 0 aliphatic carbocycles. The summed E-state index contributed by atoms with van der Waals surface area (Å²) in [4.78, 5) is 25.9. The third-order valence-corrected chi connectivity index (χ3v) is 2.48. The molecule has 0 saturated carbocycles. The minimum Gasteiger partial charge on any atom is -0.478 e. The highest BCUT2D eigenvalue weighted by Crippen LogP contribution is 2.14. The number of nitrogens with zero attached hydrogens (tertiary/aromatic N) is 2. The lowest BCUT2D eigenvalue weighted by Crippen LogP contribution is -2.32. The van der Waals surface area contributed by atoms with Gasteiger partial charge in [0.1, 0.15) is 0 Å². The molecule has 0 aromatic heterocycles. The monoisotopic (exact) mass is 240 g/mol. The van der Waals surface area contributed by atoms with Gasteiger partial charge < -0.3 is 15.1 Å². The van der Waals surface area contributed by atoms with Crippen molar-refractivity contribution in [3.8, 4) is 0 Å². The standard InChI is InChI=1S/C7H12N2.C4H4O4/c1-2-5-9-6-4-8-7(9)3-1;5-3(6)1-2-4(7)8/h1-6H2;1-2H,(H,5,6)(H,7,8)/b;2-1+. The number of aliphatic carboxylic acids is 2. The predicted octanol–water partition coefficient (Wildman–Crippen LogP) is 0.596. The molecule has 0 amide bonds. The summed E-state index contributed by atoms with van der Waals surface area (Å²) in [6.07, 6.45) is 5.08. The van der Waals surface area contributed by atoms with E-state index in [-0.39, 0.29) is 0 Å². The Balaban J connectivity index is 0.000000172. The van der Waals surface area contributed by atoms with Crippen LogP contribution in [0.3, 0.4) is 0 Å². The molecule has 1 saturated heterocycles. The number of aliphatic imine (C=N–C) groups is 1. The third kappa shape index (κ3) is 5.14. The van der Waals surface area contributed by atoms with Crippen LogP contribution in [0.4, 0.5) is 0 Å². The molecule has 2 rings (SSSR count). The third-order valence-electron chi connectivity index (χ3n) is 2.48. The second-order valence-corrected chi connectivity index (χ2v) is 3.75. The average molecular weight is 240 g/mol. The zero-order valence-corrected chi connectivity index (χ0v) is 9.50. The van der Waals surface area contributed by atoms with Gasteiger partial charge in [0.15, 0.2) is 0 Å². The van der Waals surface area contributed by atoms with Crippen LogP contribution in [0, 0.1) is 0 Å². The van der Waals surface area contributed by atoms with Gasteiger partial charge in [0.2, 0.25) is 0 Å². The number of carbonyl (C=O) groups is 2. The smallest absolute Gasteiger partial charge is 0.328 e. The van der Waals surface area contributed by atoms with Gasteiger partial charge in [-0.25, -0.2) is 9.59 Å². The second-order valence-electron chi connectivity index (χ2n) is 3.75. The van der Waals surface area contributed by atoms with E-state index in [2.05, 4.69) is 9.89 Å². The first-order valence-electron chi connectivity index (χ1n) is 5.52. The summed E-state index contributed by atoms with van der Waals surface area (Å²) < 4.78 is 0. The Labute approximate surface area is 99.3 Å². The molecule has 2 heterocycles. The largest absolute Gasteiger partial charge is 0.478 e. The van der Waals surface area contributed by atoms with Crippen LogP contribution in [0.2, 0.25) is 0 Å². The van der Waals surface area contributed by atoms with Gasteiger partial charge in [0.05, 0.1) is 12.4 Å². The maximum Gasteiger partial charge on any atom is 0.328 e. The number of amidine groups is 1. The molecule has 0 aromatic rings. The van der Waals surface area contributed by atoms with E-state index in [0.717, 1.165) is 6.54 Å². The van der Waals surface area contributed by atoms with Gasteiger partial charge >= 0.3 is 11.9 Å². The molecule has 17 heavy (non-hydrogen) atoms. The molecule has 0 bridgehead atoms. The molecule has 0 aromatic carbocycles. The SMILES string of the molecule is C1CCN2CCN=C2C1.O=C(O)/C=C/C(=O)O. The minimum atomic E-state index is -1.26. The van der Waals surface area contributed by atoms with Crippen molar-refractivity contribution in [1.29, 1.82) is 0 Å². The van der Waals surface area contributed by atoms with E-state index in [1.54, 1.807) is 0 Å². The highest BCUT2D eigenvalue weighted by atomic mass is 16.4. The maximum atomic E-state index is 9.55. The van der Waals surface area contributed by atoms with Gasteiger partial charge in [-0.2, -0.15) is 0 Å². The minimum absolute atomic E-state index is 0.558. The molecule has 1 fully saturated rings. The quantitative estimate of drug-likeness (QED) is 0.690. The first-order chi connectivity index (χ1) is 8.09. The van der Waals surface area contributed by atoms with E-state index in [1.807, 2.05) is 0 Å². The van der Waals surface area contributed by atoms with Gasteiger partial charge in [0.25, 0.3) is 0 Å². The first-order valence-corrected chi connectivity index (χ1v) is 5.52. The molecular weight excluding hydrogens is 224 g/mol. The van der Waals surface area contributed by atoms with Gasteiger partial charge in [0, 0.05) is 31.7 Å². The second kappa shape index (κ2) is 6.67. The molecule has 0 radical (unpaired) electrons. The number of fused-ring (bicyclic) bond motifs is 1. The normalized spacial score (nSPS) is 18.1. The summed E-state index contributed by atoms with van der Waals surface area (Å²) in [6, 6.07) is 0. The number of piperidine rings is 1. The predicted molar refractivity (Wildman–Crippen MR) is 62.1 cm³/mol. The molecule has 0 unspecified atom stereocenters. The van der Waals surface area contributed by atoms with Gasteiger partial charge in [-0.15, -0.1) is 0 Å². The lowest BCUT2D eigenvalue weighted by atomic mass is 10.1. The van der Waals surface area contributed by atoms with Crippen LogP contribution in [0.25, 0.3) is 0 Å². The number of carboxylic acid groups (broad SMARTS) is 2. The van der Waals surface area contributed by atoms with Gasteiger partial charge in [-0.1, -0.05) is 0 Å². The van der Waals surface area contributed by atoms with Crippen molar-refractivity contribution in [2.75, 3.05) is 19.6 Å². The van der Waals surface area contributed by atoms with Crippen molar-refractivity contribution in [3.05, 3.63) is 12.2 Å². The van der Waals surface area contributed by atoms with Crippen molar-refractivity contribution in [2.24, 2.45) is 4.99 Å². The Morgan fingerprint density at radius 2 is 1.76 bits per heavy atom. The maximum absolute atomic E-state index is 9.55. The van der Waals surface area contributed by atoms with Crippen LogP contribution < -0.4 is 0 Å². The summed E-state index contributed by atoms with van der Waals surface area (Å²) in [5.74, 6) is -1.14. The topological polar surface area (TPSA) is 90.2 Å². The van der Waals surface area contributed by atoms with Crippen LogP contribution in [-0.4, -0.2) is 52.5 Å². The molecule has 6 heteroatoms. The zero-order chi connectivity index (χ0) is 12.7. The Hall–Kier alpha value is -1.85. The van der Waals surface area contributed by atoms with Crippen molar-refractivity contribution in [3.63, 3.8) is 0 Å². The molecule has 2 aliphatic rings. The van der Waals surface area contributed by atoms with E-state index in [9.17, 15) is 9.59 Å². The Morgan fingerprint density at radius 1 is 1.12 bits per heavy atom. The fourth-order valence-corrected chi connectivity index (χ4v) is 1.74. The summed E-state index contributed by atoms with van der Waals surface area (Å²) in [6.45, 7) is 3.50. The number of carboxylic acids is 2. The first kappa shape index (κ1) is 13.2. The lowest BCUT2D eigenvalue weighted by molar-refractivity contribution is -0.134. The van der Waals surface area contributed by atoms with Crippen molar-refractivity contribution >= 4 is 17.8 Å². The lowest BCUT2D eigenvalue weighted by Gasteiger charge is -2.24. The van der Waals surface area contributed by atoms with E-state index in [0.29, 0.717) is 12.2 Å². The molecule has 2 aliphatic heterocycles. The highest BCUT2D eigenvalue weighted by molar-refractivity contribution is 5.89. The van der Waals surface area contributed by atoms with E-state index in [4.69, 9.17) is 10.2 Å². The van der Waals surface area contributed by atoms with Crippen LogP contribution >= 0.6 is 0 Å². The molecule has 6 nitrogen and oxygen atoms in total. The van der Waals surface area contributed by atoms with Crippen LogP contribution in [0.15, 0.2) is 17.1 Å². The molecular formula is C11H16N2O4. The van der Waals surface area contributed by atoms with Crippen LogP contribution in [-0.2, 0) is 9.59 Å². The Bertz CT molecular complexity index is 333. The van der Waals surface area contributed by atoms with Gasteiger partial charge in [-0.05, 0) is 12.8 Å².